The van der Waals surface area contributed by atoms with Gasteiger partial charge in [0, 0.05) is 23.7 Å². The van der Waals surface area contributed by atoms with Gasteiger partial charge in [0.05, 0.1) is 18.3 Å². The zero-order valence-corrected chi connectivity index (χ0v) is 26.8. The quantitative estimate of drug-likeness (QED) is 0.192. The first-order valence-corrected chi connectivity index (χ1v) is 17.0. The highest BCUT2D eigenvalue weighted by atomic mass is 32.2. The van der Waals surface area contributed by atoms with Crippen LogP contribution >= 0.6 is 11.8 Å². The molecule has 0 saturated carbocycles. The highest BCUT2D eigenvalue weighted by Crippen LogP contribution is 2.34. The second-order valence-electron chi connectivity index (χ2n) is 11.6. The molecule has 0 radical (unpaired) electrons. The fourth-order valence-corrected chi connectivity index (χ4v) is 6.96. The summed E-state index contributed by atoms with van der Waals surface area (Å²) >= 11 is 1.47. The molecule has 1 fully saturated rings. The summed E-state index contributed by atoms with van der Waals surface area (Å²) in [6.45, 7) is 3.28. The number of piperidine rings is 1. The van der Waals surface area contributed by atoms with Crippen molar-refractivity contribution in [2.45, 2.75) is 81.9 Å². The van der Waals surface area contributed by atoms with Gasteiger partial charge in [0.15, 0.2) is 0 Å². The van der Waals surface area contributed by atoms with Gasteiger partial charge in [-0.25, -0.2) is 4.79 Å². The van der Waals surface area contributed by atoms with Crippen LogP contribution in [0, 0.1) is 5.92 Å². The maximum atomic E-state index is 13.5. The zero-order valence-electron chi connectivity index (χ0n) is 26.0. The standard InChI is InChI=1S/C34H45N3O7S/c1-2-43-33(41)27(35-28-24-45-30-17-11-10-16-29(30)37(32(28)40)22-31(38)39)15-9-4-3-6-12-25-18-20-36(21-19-25)34(42)44-23-26-13-7-5-8-14-26/h5,7-8,10-11,13-14,16-17,25,27-28,35H,2-4,6,9,12,15,18-24H2,1H3,(H,38,39)/t27-,28?/m1/s1. The van der Waals surface area contributed by atoms with Gasteiger partial charge in [-0.1, -0.05) is 74.6 Å². The smallest absolute Gasteiger partial charge is 0.410 e. The number of aliphatic carboxylic acids is 1. The number of ether oxygens (including phenoxy) is 2. The molecule has 2 heterocycles. The summed E-state index contributed by atoms with van der Waals surface area (Å²) in [6, 6.07) is 15.6. The lowest BCUT2D eigenvalue weighted by molar-refractivity contribution is -0.146. The molecule has 2 aromatic carbocycles. The number of hydrogen-bond acceptors (Lipinski definition) is 8. The van der Waals surface area contributed by atoms with Crippen molar-refractivity contribution in [1.82, 2.24) is 10.2 Å². The van der Waals surface area contributed by atoms with Crippen molar-refractivity contribution in [2.75, 3.05) is 36.9 Å². The Labute approximate surface area is 269 Å². The van der Waals surface area contributed by atoms with Crippen LogP contribution in [0.1, 0.15) is 63.9 Å². The third-order valence-corrected chi connectivity index (χ3v) is 9.48. The molecule has 2 atom stereocenters. The number of carboxylic acids is 1. The normalized spacial score (nSPS) is 17.7. The number of rotatable bonds is 15. The van der Waals surface area contributed by atoms with Crippen LogP contribution in [0.5, 0.6) is 0 Å². The molecular formula is C34H45N3O7S. The third kappa shape index (κ3) is 10.5. The van der Waals surface area contributed by atoms with Crippen LogP contribution in [0.4, 0.5) is 10.5 Å². The lowest BCUT2D eigenvalue weighted by atomic mass is 9.91. The zero-order chi connectivity index (χ0) is 32.0. The fraction of sp³-hybridized carbons (Fsp3) is 0.529. The number of nitrogens with zero attached hydrogens (tertiary/aromatic N) is 2. The summed E-state index contributed by atoms with van der Waals surface area (Å²) in [6.07, 6.45) is 7.22. The number of likely N-dealkylation sites (tertiary alicyclic amines) is 1. The lowest BCUT2D eigenvalue weighted by Crippen LogP contribution is -2.54. The molecule has 2 amide bonds. The number of esters is 1. The Morgan fingerprint density at radius 3 is 2.42 bits per heavy atom. The second kappa shape index (κ2) is 17.8. The van der Waals surface area contributed by atoms with Gasteiger partial charge < -0.3 is 19.5 Å². The first-order chi connectivity index (χ1) is 21.9. The highest BCUT2D eigenvalue weighted by molar-refractivity contribution is 7.99. The number of thioether (sulfide) groups is 1. The fourth-order valence-electron chi connectivity index (χ4n) is 5.88. The summed E-state index contributed by atoms with van der Waals surface area (Å²) in [7, 11) is 0. The molecule has 2 aromatic rings. The summed E-state index contributed by atoms with van der Waals surface area (Å²) in [5.41, 5.74) is 1.55. The number of anilines is 1. The molecule has 0 spiro atoms. The average Bonchev–Trinajstić information content (AvgIpc) is 3.17. The molecule has 0 aliphatic carbocycles. The second-order valence-corrected chi connectivity index (χ2v) is 12.6. The molecule has 2 aliphatic heterocycles. The molecule has 0 aromatic heterocycles. The van der Waals surface area contributed by atoms with E-state index in [2.05, 4.69) is 5.32 Å². The topological polar surface area (TPSA) is 125 Å². The number of carbonyl (C=O) groups is 4. The van der Waals surface area contributed by atoms with Gasteiger partial charge in [0.2, 0.25) is 5.91 Å². The monoisotopic (exact) mass is 639 g/mol. The van der Waals surface area contributed by atoms with Crippen molar-refractivity contribution in [1.29, 1.82) is 0 Å². The summed E-state index contributed by atoms with van der Waals surface area (Å²) in [5, 5.41) is 12.7. The van der Waals surface area contributed by atoms with Gasteiger partial charge in [0.25, 0.3) is 0 Å². The number of carboxylic acid groups (broad SMARTS) is 1. The maximum absolute atomic E-state index is 13.5. The SMILES string of the molecule is CCOC(=O)[C@@H](CCCCCCC1CCN(C(=O)OCc2ccccc2)CC1)NC1CSc2ccccc2N(CC(=O)O)C1=O. The van der Waals surface area contributed by atoms with Crippen LogP contribution in [0.2, 0.25) is 0 Å². The van der Waals surface area contributed by atoms with E-state index >= 15 is 0 Å². The van der Waals surface area contributed by atoms with E-state index < -0.39 is 30.6 Å². The first kappa shape index (κ1) is 34.3. The van der Waals surface area contributed by atoms with Gasteiger partial charge in [-0.3, -0.25) is 24.6 Å². The minimum atomic E-state index is -1.10. The number of amides is 2. The molecule has 2 aliphatic rings. The van der Waals surface area contributed by atoms with Crippen LogP contribution in [-0.4, -0.2) is 78.0 Å². The Balaban J connectivity index is 1.18. The Morgan fingerprint density at radius 2 is 1.69 bits per heavy atom. The van der Waals surface area contributed by atoms with Crippen molar-refractivity contribution >= 4 is 41.4 Å². The minimum absolute atomic E-state index is 0.241. The van der Waals surface area contributed by atoms with Crippen molar-refractivity contribution < 1.29 is 33.8 Å². The molecule has 10 nitrogen and oxygen atoms in total. The molecule has 244 valence electrons. The number of benzene rings is 2. The van der Waals surface area contributed by atoms with Gasteiger partial charge in [-0.15, -0.1) is 11.8 Å². The molecule has 4 rings (SSSR count). The van der Waals surface area contributed by atoms with Gasteiger partial charge in [0.1, 0.15) is 19.2 Å². The van der Waals surface area contributed by atoms with E-state index in [0.29, 0.717) is 30.4 Å². The summed E-state index contributed by atoms with van der Waals surface area (Å²) in [5.74, 6) is -0.882. The Morgan fingerprint density at radius 1 is 0.978 bits per heavy atom. The van der Waals surface area contributed by atoms with Crippen LogP contribution in [-0.2, 0) is 30.5 Å². The van der Waals surface area contributed by atoms with Crippen molar-refractivity contribution in [2.24, 2.45) is 5.92 Å². The predicted molar refractivity (Wildman–Crippen MR) is 173 cm³/mol. The van der Waals surface area contributed by atoms with Crippen molar-refractivity contribution in [3.8, 4) is 0 Å². The molecule has 0 bridgehead atoms. The number of fused-ring (bicyclic) bond motifs is 1. The number of hydrogen-bond donors (Lipinski definition) is 2. The minimum Gasteiger partial charge on any atom is -0.480 e. The van der Waals surface area contributed by atoms with Crippen molar-refractivity contribution in [3.63, 3.8) is 0 Å². The number of unbranched alkanes of at least 4 members (excludes halogenated alkanes) is 3. The molecule has 1 unspecified atom stereocenters. The van der Waals surface area contributed by atoms with Crippen LogP contribution < -0.4 is 10.2 Å². The van der Waals surface area contributed by atoms with E-state index in [1.165, 1.54) is 16.7 Å². The number of carbonyl (C=O) groups excluding carboxylic acids is 3. The van der Waals surface area contributed by atoms with Gasteiger partial charge in [-0.2, -0.15) is 0 Å². The van der Waals surface area contributed by atoms with E-state index in [4.69, 9.17) is 9.47 Å². The van der Waals surface area contributed by atoms with E-state index in [0.717, 1.165) is 68.5 Å². The predicted octanol–water partition coefficient (Wildman–Crippen LogP) is 5.49. The van der Waals surface area contributed by atoms with E-state index in [-0.39, 0.29) is 18.6 Å². The molecule has 11 heteroatoms. The number of para-hydroxylation sites is 1. The van der Waals surface area contributed by atoms with E-state index in [1.807, 2.05) is 42.5 Å². The lowest BCUT2D eigenvalue weighted by Gasteiger charge is -2.31. The molecule has 2 N–H and O–H groups in total. The van der Waals surface area contributed by atoms with E-state index in [1.54, 1.807) is 24.0 Å². The Bertz CT molecular complexity index is 1270. The Kier molecular flexibility index (Phi) is 13.6. The summed E-state index contributed by atoms with van der Waals surface area (Å²) < 4.78 is 10.8. The van der Waals surface area contributed by atoms with Gasteiger partial charge in [-0.05, 0) is 49.8 Å². The largest absolute Gasteiger partial charge is 0.480 e. The third-order valence-electron chi connectivity index (χ3n) is 8.33. The van der Waals surface area contributed by atoms with Crippen molar-refractivity contribution in [3.05, 3.63) is 60.2 Å². The van der Waals surface area contributed by atoms with Gasteiger partial charge >= 0.3 is 18.0 Å². The molecule has 1 saturated heterocycles. The van der Waals surface area contributed by atoms with Crippen LogP contribution in [0.15, 0.2) is 59.5 Å². The molecular weight excluding hydrogens is 594 g/mol. The average molecular weight is 640 g/mol. The van der Waals surface area contributed by atoms with Crippen LogP contribution in [0.3, 0.4) is 0 Å². The van der Waals surface area contributed by atoms with E-state index in [9.17, 15) is 24.3 Å². The highest BCUT2D eigenvalue weighted by Gasteiger charge is 2.35. The van der Waals surface area contributed by atoms with Crippen LogP contribution in [0.25, 0.3) is 0 Å². The number of nitrogens with one attached hydrogen (secondary N) is 1. The molecule has 45 heavy (non-hydrogen) atoms. The first-order valence-electron chi connectivity index (χ1n) is 16.0. The summed E-state index contributed by atoms with van der Waals surface area (Å²) in [4.78, 5) is 54.3. The Hall–Kier alpha value is -3.57. The maximum Gasteiger partial charge on any atom is 0.410 e.